The van der Waals surface area contributed by atoms with Gasteiger partial charge < -0.3 is 14.4 Å². The number of aromatic amines is 1. The normalized spacial score (nSPS) is 12.3. The Morgan fingerprint density at radius 3 is 2.62 bits per heavy atom. The number of benzene rings is 3. The smallest absolute Gasteiger partial charge is 0.258 e. The zero-order valence-corrected chi connectivity index (χ0v) is 15.1. The fraction of sp³-hybridized carbons (Fsp3) is 0.0952. The topological polar surface area (TPSA) is 80.3 Å². The summed E-state index contributed by atoms with van der Waals surface area (Å²) >= 11 is 0. The number of H-pyrrole nitrogens is 1. The first-order valence-corrected chi connectivity index (χ1v) is 8.94. The molecule has 144 valence electrons. The Kier molecular flexibility index (Phi) is 4.09. The molecule has 0 fully saturated rings. The summed E-state index contributed by atoms with van der Waals surface area (Å²) in [5.41, 5.74) is 3.16. The average molecular weight is 390 g/mol. The minimum Gasteiger partial charge on any atom is -0.454 e. The van der Waals surface area contributed by atoms with Crippen molar-refractivity contribution in [2.24, 2.45) is 0 Å². The van der Waals surface area contributed by atoms with Crippen LogP contribution in [0.4, 0.5) is 10.1 Å². The van der Waals surface area contributed by atoms with Crippen LogP contribution in [0.3, 0.4) is 0 Å². The Balaban J connectivity index is 1.52. The summed E-state index contributed by atoms with van der Waals surface area (Å²) in [5, 5.41) is 10.6. The summed E-state index contributed by atoms with van der Waals surface area (Å²) < 4.78 is 24.2. The fourth-order valence-corrected chi connectivity index (χ4v) is 3.25. The first kappa shape index (κ1) is 17.2. The Labute approximate surface area is 164 Å². The van der Waals surface area contributed by atoms with E-state index in [2.05, 4.69) is 15.4 Å². The van der Waals surface area contributed by atoms with E-state index in [4.69, 9.17) is 9.47 Å². The molecule has 0 spiro atoms. The van der Waals surface area contributed by atoms with Gasteiger partial charge in [-0.2, -0.15) is 15.4 Å². The van der Waals surface area contributed by atoms with E-state index in [1.165, 1.54) is 12.1 Å². The highest BCUT2D eigenvalue weighted by atomic mass is 19.1. The maximum absolute atomic E-state index is 13.4. The first-order valence-electron chi connectivity index (χ1n) is 8.94. The van der Waals surface area contributed by atoms with Gasteiger partial charge >= 0.3 is 0 Å². The van der Waals surface area contributed by atoms with Crippen molar-refractivity contribution in [1.29, 1.82) is 0 Å². The number of anilines is 1. The van der Waals surface area contributed by atoms with Gasteiger partial charge in [-0.1, -0.05) is 6.07 Å². The van der Waals surface area contributed by atoms with Crippen LogP contribution in [0, 0.1) is 5.82 Å². The summed E-state index contributed by atoms with van der Waals surface area (Å²) in [4.78, 5) is 14.9. The Morgan fingerprint density at radius 2 is 1.76 bits per heavy atom. The highest BCUT2D eigenvalue weighted by molar-refractivity contribution is 6.07. The number of fused-ring (bicyclic) bond motifs is 2. The van der Waals surface area contributed by atoms with Crippen molar-refractivity contribution in [1.82, 2.24) is 15.4 Å². The van der Waals surface area contributed by atoms with Gasteiger partial charge in [0, 0.05) is 11.3 Å². The highest BCUT2D eigenvalue weighted by Crippen LogP contribution is 2.33. The van der Waals surface area contributed by atoms with Gasteiger partial charge in [-0.15, -0.1) is 0 Å². The van der Waals surface area contributed by atoms with Gasteiger partial charge in [0.2, 0.25) is 6.79 Å². The van der Waals surface area contributed by atoms with Gasteiger partial charge in [0.15, 0.2) is 11.5 Å². The summed E-state index contributed by atoms with van der Waals surface area (Å²) in [5.74, 6) is 0.704. The Morgan fingerprint density at radius 1 is 0.966 bits per heavy atom. The van der Waals surface area contributed by atoms with E-state index in [0.29, 0.717) is 33.8 Å². The second kappa shape index (κ2) is 6.90. The zero-order chi connectivity index (χ0) is 19.8. The molecule has 1 N–H and O–H groups in total. The third kappa shape index (κ3) is 3.25. The van der Waals surface area contributed by atoms with Crippen molar-refractivity contribution in [3.05, 3.63) is 77.6 Å². The van der Waals surface area contributed by atoms with Crippen molar-refractivity contribution in [3.8, 4) is 11.5 Å². The lowest BCUT2D eigenvalue weighted by atomic mass is 10.1. The number of amides is 1. The van der Waals surface area contributed by atoms with Crippen LogP contribution in [-0.2, 0) is 6.54 Å². The number of rotatable bonds is 4. The number of nitrogens with one attached hydrogen (secondary N) is 1. The van der Waals surface area contributed by atoms with Crippen molar-refractivity contribution < 1.29 is 18.7 Å². The van der Waals surface area contributed by atoms with E-state index in [-0.39, 0.29) is 25.1 Å². The third-order valence-corrected chi connectivity index (χ3v) is 4.72. The summed E-state index contributed by atoms with van der Waals surface area (Å²) in [6.45, 7) is 0.453. The molecule has 2 heterocycles. The predicted molar refractivity (Wildman–Crippen MR) is 103 cm³/mol. The van der Waals surface area contributed by atoms with Crippen LogP contribution in [-0.4, -0.2) is 28.1 Å². The number of ether oxygens (including phenoxy) is 2. The maximum atomic E-state index is 13.4. The monoisotopic (exact) mass is 390 g/mol. The molecule has 0 bridgehead atoms. The molecule has 29 heavy (non-hydrogen) atoms. The largest absolute Gasteiger partial charge is 0.454 e. The van der Waals surface area contributed by atoms with E-state index in [9.17, 15) is 9.18 Å². The van der Waals surface area contributed by atoms with Crippen molar-refractivity contribution >= 4 is 22.6 Å². The van der Waals surface area contributed by atoms with Crippen molar-refractivity contribution in [2.45, 2.75) is 6.54 Å². The molecule has 0 unspecified atom stereocenters. The molecule has 0 radical (unpaired) electrons. The molecule has 0 saturated heterocycles. The van der Waals surface area contributed by atoms with Crippen LogP contribution in [0.15, 0.2) is 60.7 Å². The van der Waals surface area contributed by atoms with E-state index < -0.39 is 0 Å². The fourth-order valence-electron chi connectivity index (χ4n) is 3.25. The van der Waals surface area contributed by atoms with Gasteiger partial charge in [-0.25, -0.2) is 4.39 Å². The lowest BCUT2D eigenvalue weighted by molar-refractivity contribution is 0.0985. The van der Waals surface area contributed by atoms with E-state index in [1.54, 1.807) is 35.2 Å². The number of hydrogen-bond acceptors (Lipinski definition) is 5. The highest BCUT2D eigenvalue weighted by Gasteiger charge is 2.21. The SMILES string of the molecule is O=C(c1ccc2n[nH]nc2c1)N(Cc1ccc2c(c1)OCO2)c1ccc(F)cc1. The lowest BCUT2D eigenvalue weighted by Crippen LogP contribution is -2.30. The molecule has 8 heteroatoms. The first-order chi connectivity index (χ1) is 14.2. The van der Waals surface area contributed by atoms with Gasteiger partial charge in [0.1, 0.15) is 16.9 Å². The second-order valence-electron chi connectivity index (χ2n) is 6.58. The quantitative estimate of drug-likeness (QED) is 0.575. The van der Waals surface area contributed by atoms with Crippen molar-refractivity contribution in [3.63, 3.8) is 0 Å². The lowest BCUT2D eigenvalue weighted by Gasteiger charge is -2.23. The number of aromatic nitrogens is 3. The Bertz CT molecular complexity index is 1210. The van der Waals surface area contributed by atoms with Crippen molar-refractivity contribution in [2.75, 3.05) is 11.7 Å². The number of carbonyl (C=O) groups excluding carboxylic acids is 1. The van der Waals surface area contributed by atoms with Gasteiger partial charge in [-0.05, 0) is 60.2 Å². The molecule has 1 aromatic heterocycles. The molecule has 3 aromatic carbocycles. The van der Waals surface area contributed by atoms with E-state index in [0.717, 1.165) is 5.56 Å². The molecule has 5 rings (SSSR count). The maximum Gasteiger partial charge on any atom is 0.258 e. The predicted octanol–water partition coefficient (Wildman–Crippen LogP) is 3.67. The number of carbonyl (C=O) groups is 1. The third-order valence-electron chi connectivity index (χ3n) is 4.72. The zero-order valence-electron chi connectivity index (χ0n) is 15.1. The summed E-state index contributed by atoms with van der Waals surface area (Å²) in [6.07, 6.45) is 0. The molecule has 0 saturated carbocycles. The standard InChI is InChI=1S/C21H15FN4O3/c22-15-3-5-16(6-4-15)26(11-13-1-8-19-20(9-13)29-12-28-19)21(27)14-2-7-17-18(10-14)24-25-23-17/h1-10H,11-12H2,(H,23,24,25). The van der Waals surface area contributed by atoms with Crippen LogP contribution in [0.25, 0.3) is 11.0 Å². The number of nitrogens with zero attached hydrogens (tertiary/aromatic N) is 3. The van der Waals surface area contributed by atoms with E-state index >= 15 is 0 Å². The van der Waals surface area contributed by atoms with Crippen LogP contribution in [0.1, 0.15) is 15.9 Å². The molecule has 0 atom stereocenters. The average Bonchev–Trinajstić information content (AvgIpc) is 3.40. The van der Waals surface area contributed by atoms with Crippen LogP contribution >= 0.6 is 0 Å². The second-order valence-corrected chi connectivity index (χ2v) is 6.58. The van der Waals surface area contributed by atoms with Crippen LogP contribution in [0.2, 0.25) is 0 Å². The van der Waals surface area contributed by atoms with Gasteiger partial charge in [-0.3, -0.25) is 4.79 Å². The van der Waals surface area contributed by atoms with Gasteiger partial charge in [0.25, 0.3) is 5.91 Å². The molecule has 1 aliphatic rings. The minimum absolute atomic E-state index is 0.178. The van der Waals surface area contributed by atoms with Crippen LogP contribution < -0.4 is 14.4 Å². The molecule has 1 amide bonds. The molecule has 4 aromatic rings. The minimum atomic E-state index is -0.367. The number of hydrogen-bond donors (Lipinski definition) is 1. The Hall–Kier alpha value is -3.94. The summed E-state index contributed by atoms with van der Waals surface area (Å²) in [6, 6.07) is 16.4. The molecular weight excluding hydrogens is 375 g/mol. The molecular formula is C21H15FN4O3. The summed E-state index contributed by atoms with van der Waals surface area (Å²) in [7, 11) is 0. The molecule has 0 aliphatic carbocycles. The molecule has 1 aliphatic heterocycles. The van der Waals surface area contributed by atoms with E-state index in [1.807, 2.05) is 18.2 Å². The van der Waals surface area contributed by atoms with Gasteiger partial charge in [0.05, 0.1) is 6.54 Å². The number of halogens is 1. The molecule has 7 nitrogen and oxygen atoms in total. The van der Waals surface area contributed by atoms with Crippen LogP contribution in [0.5, 0.6) is 11.5 Å².